The van der Waals surface area contributed by atoms with Crippen molar-refractivity contribution < 1.29 is 47.7 Å². The highest BCUT2D eigenvalue weighted by Gasteiger charge is 2.33. The van der Waals surface area contributed by atoms with Crippen LogP contribution >= 0.6 is 0 Å². The standard InChI is InChI=1S/C42H52N2O10/c1-43-16-14-27-29(22-38(50-7)42(53-10)40(27)51-8)30(43)17-24-11-12-32(46-3)36(18-24)54-33-23-35(48-5)34(47-4)20-25(33)19-31-28-21-37(49-6)41(52-9)39(45)26(28)13-15-44(31)2/h11-12,18,20-23,30-31,45H,13-17,19H2,1-10H3/t30-,31+/m0/s1. The van der Waals surface area contributed by atoms with Gasteiger partial charge >= 0.3 is 0 Å². The fourth-order valence-corrected chi connectivity index (χ4v) is 7.91. The molecular weight excluding hydrogens is 692 g/mol. The molecular formula is C42H52N2O10. The lowest BCUT2D eigenvalue weighted by Crippen LogP contribution is -2.33. The zero-order valence-electron chi connectivity index (χ0n) is 33.0. The molecule has 6 rings (SSSR count). The summed E-state index contributed by atoms with van der Waals surface area (Å²) in [5.74, 6) is 5.72. The second-order valence-electron chi connectivity index (χ2n) is 13.5. The van der Waals surface area contributed by atoms with Crippen molar-refractivity contribution in [1.82, 2.24) is 9.80 Å². The summed E-state index contributed by atoms with van der Waals surface area (Å²) in [5.41, 5.74) is 6.00. The Morgan fingerprint density at radius 1 is 0.519 bits per heavy atom. The molecule has 0 saturated carbocycles. The minimum Gasteiger partial charge on any atom is -0.504 e. The molecule has 12 heteroatoms. The summed E-state index contributed by atoms with van der Waals surface area (Å²) >= 11 is 0. The van der Waals surface area contributed by atoms with Crippen LogP contribution in [0.15, 0.2) is 42.5 Å². The maximum Gasteiger partial charge on any atom is 0.203 e. The Hall–Kier alpha value is -5.20. The number of ether oxygens (including phenoxy) is 9. The number of aromatic hydroxyl groups is 1. The molecule has 4 aromatic carbocycles. The van der Waals surface area contributed by atoms with E-state index >= 15 is 0 Å². The number of phenols is 1. The molecule has 12 nitrogen and oxygen atoms in total. The summed E-state index contributed by atoms with van der Waals surface area (Å²) in [6.45, 7) is 1.59. The Labute approximate surface area is 317 Å². The fourth-order valence-electron chi connectivity index (χ4n) is 7.91. The largest absolute Gasteiger partial charge is 0.504 e. The average Bonchev–Trinajstić information content (AvgIpc) is 3.19. The van der Waals surface area contributed by atoms with Crippen LogP contribution in [0.5, 0.6) is 63.2 Å². The summed E-state index contributed by atoms with van der Waals surface area (Å²) in [7, 11) is 17.1. The molecule has 0 aromatic heterocycles. The molecule has 0 spiro atoms. The smallest absolute Gasteiger partial charge is 0.203 e. The van der Waals surface area contributed by atoms with E-state index < -0.39 is 0 Å². The normalized spacial score (nSPS) is 16.9. The molecule has 2 atom stereocenters. The van der Waals surface area contributed by atoms with Crippen molar-refractivity contribution in [2.75, 3.05) is 84.1 Å². The number of methoxy groups -OCH3 is 8. The third-order valence-electron chi connectivity index (χ3n) is 10.8. The van der Waals surface area contributed by atoms with E-state index in [9.17, 15) is 5.11 Å². The van der Waals surface area contributed by atoms with Crippen LogP contribution in [0.1, 0.15) is 45.5 Å². The number of rotatable bonds is 14. The van der Waals surface area contributed by atoms with Gasteiger partial charge < -0.3 is 47.7 Å². The Bertz CT molecular complexity index is 1980. The highest BCUT2D eigenvalue weighted by molar-refractivity contribution is 5.62. The Morgan fingerprint density at radius 3 is 1.65 bits per heavy atom. The van der Waals surface area contributed by atoms with Crippen LogP contribution in [0.4, 0.5) is 0 Å². The van der Waals surface area contributed by atoms with E-state index in [4.69, 9.17) is 42.6 Å². The molecule has 1 N–H and O–H groups in total. The molecule has 0 fully saturated rings. The SMILES string of the molecule is COc1cc(C[C@@H]2c3cc(OC)c(OC)c(O)c3CCN2C)c(Oc2cc(C[C@H]3c4cc(OC)c(OC)c(OC)c4CCN3C)ccc2OC)cc1OC. The lowest BCUT2D eigenvalue weighted by Gasteiger charge is -2.36. The van der Waals surface area contributed by atoms with Gasteiger partial charge in [-0.2, -0.15) is 0 Å². The van der Waals surface area contributed by atoms with Crippen molar-refractivity contribution in [2.45, 2.75) is 37.8 Å². The molecule has 0 saturated heterocycles. The summed E-state index contributed by atoms with van der Waals surface area (Å²) in [5, 5.41) is 11.2. The number of hydrogen-bond donors (Lipinski definition) is 1. The molecule has 0 bridgehead atoms. The van der Waals surface area contributed by atoms with Crippen LogP contribution < -0.4 is 42.6 Å². The van der Waals surface area contributed by atoms with E-state index in [-0.39, 0.29) is 17.8 Å². The third-order valence-corrected chi connectivity index (χ3v) is 10.8. The molecule has 54 heavy (non-hydrogen) atoms. The van der Waals surface area contributed by atoms with E-state index in [0.717, 1.165) is 52.9 Å². The maximum absolute atomic E-state index is 11.2. The lowest BCUT2D eigenvalue weighted by atomic mass is 9.87. The molecule has 2 heterocycles. The maximum atomic E-state index is 11.2. The van der Waals surface area contributed by atoms with Crippen molar-refractivity contribution in [1.29, 1.82) is 0 Å². The summed E-state index contributed by atoms with van der Waals surface area (Å²) in [6.07, 6.45) is 2.72. The Morgan fingerprint density at radius 2 is 1.06 bits per heavy atom. The van der Waals surface area contributed by atoms with Gasteiger partial charge in [-0.15, -0.1) is 0 Å². The molecule has 0 unspecified atom stereocenters. The van der Waals surface area contributed by atoms with Gasteiger partial charge in [0.05, 0.1) is 56.9 Å². The highest BCUT2D eigenvalue weighted by atomic mass is 16.5. The van der Waals surface area contributed by atoms with Gasteiger partial charge in [0.2, 0.25) is 11.5 Å². The molecule has 0 aliphatic carbocycles. The van der Waals surface area contributed by atoms with Gasteiger partial charge in [-0.1, -0.05) is 6.07 Å². The van der Waals surface area contributed by atoms with Gasteiger partial charge in [0.1, 0.15) is 5.75 Å². The summed E-state index contributed by atoms with van der Waals surface area (Å²) < 4.78 is 52.7. The molecule has 4 aromatic rings. The lowest BCUT2D eigenvalue weighted by molar-refractivity contribution is 0.222. The van der Waals surface area contributed by atoms with E-state index in [0.29, 0.717) is 76.8 Å². The van der Waals surface area contributed by atoms with E-state index in [1.54, 1.807) is 49.8 Å². The van der Waals surface area contributed by atoms with Gasteiger partial charge in [0.15, 0.2) is 46.0 Å². The first-order valence-corrected chi connectivity index (χ1v) is 17.9. The number of benzene rings is 4. The van der Waals surface area contributed by atoms with Crippen molar-refractivity contribution in [2.24, 2.45) is 0 Å². The molecule has 290 valence electrons. The highest BCUT2D eigenvalue weighted by Crippen LogP contribution is 2.50. The van der Waals surface area contributed by atoms with Crippen LogP contribution in [-0.4, -0.2) is 99.0 Å². The Balaban J connectivity index is 1.39. The predicted octanol–water partition coefficient (Wildman–Crippen LogP) is 6.80. The van der Waals surface area contributed by atoms with Crippen molar-refractivity contribution in [3.8, 4) is 63.2 Å². The first-order chi connectivity index (χ1) is 26.1. The number of nitrogens with zero attached hydrogens (tertiary/aromatic N) is 2. The second kappa shape index (κ2) is 16.4. The second-order valence-corrected chi connectivity index (χ2v) is 13.5. The molecule has 2 aliphatic rings. The number of phenolic OH excluding ortho intramolecular Hbond substituents is 1. The summed E-state index contributed by atoms with van der Waals surface area (Å²) in [6, 6.07) is 13.8. The zero-order valence-corrected chi connectivity index (χ0v) is 33.0. The zero-order chi connectivity index (χ0) is 38.7. The third kappa shape index (κ3) is 7.07. The summed E-state index contributed by atoms with van der Waals surface area (Å²) in [4.78, 5) is 4.62. The minimum absolute atomic E-state index is 0.0364. The van der Waals surface area contributed by atoms with Crippen LogP contribution in [-0.2, 0) is 25.7 Å². The topological polar surface area (TPSA) is 110 Å². The minimum atomic E-state index is -0.123. The average molecular weight is 745 g/mol. The fraction of sp³-hybridized carbons (Fsp3) is 0.429. The first kappa shape index (κ1) is 38.5. The predicted molar refractivity (Wildman–Crippen MR) is 205 cm³/mol. The van der Waals surface area contributed by atoms with Gasteiger partial charge in [0.25, 0.3) is 0 Å². The van der Waals surface area contributed by atoms with Crippen LogP contribution in [0.3, 0.4) is 0 Å². The van der Waals surface area contributed by atoms with Gasteiger partial charge in [-0.3, -0.25) is 9.80 Å². The number of likely N-dealkylation sites (N-methyl/N-ethyl adjacent to an activating group) is 2. The van der Waals surface area contributed by atoms with E-state index in [1.807, 2.05) is 30.3 Å². The van der Waals surface area contributed by atoms with Gasteiger partial charge in [0, 0.05) is 47.9 Å². The monoisotopic (exact) mass is 744 g/mol. The van der Waals surface area contributed by atoms with Gasteiger partial charge in [-0.25, -0.2) is 0 Å². The van der Waals surface area contributed by atoms with Crippen molar-refractivity contribution in [3.05, 3.63) is 75.8 Å². The van der Waals surface area contributed by atoms with E-state index in [2.05, 4.69) is 36.0 Å². The quantitative estimate of drug-likeness (QED) is 0.147. The van der Waals surface area contributed by atoms with E-state index in [1.165, 1.54) is 7.11 Å². The van der Waals surface area contributed by atoms with Crippen molar-refractivity contribution in [3.63, 3.8) is 0 Å². The number of fused-ring (bicyclic) bond motifs is 2. The van der Waals surface area contributed by atoms with Crippen LogP contribution in [0.25, 0.3) is 0 Å². The molecule has 0 amide bonds. The van der Waals surface area contributed by atoms with Crippen LogP contribution in [0.2, 0.25) is 0 Å². The molecule has 0 radical (unpaired) electrons. The molecule has 2 aliphatic heterocycles. The first-order valence-electron chi connectivity index (χ1n) is 17.9. The Kier molecular flexibility index (Phi) is 11.7. The van der Waals surface area contributed by atoms with Crippen LogP contribution in [0, 0.1) is 0 Å². The number of hydrogen-bond acceptors (Lipinski definition) is 12. The van der Waals surface area contributed by atoms with Crippen molar-refractivity contribution >= 4 is 0 Å². The van der Waals surface area contributed by atoms with Gasteiger partial charge in [-0.05, 0) is 86.8 Å².